The van der Waals surface area contributed by atoms with E-state index >= 15 is 0 Å². The average molecular weight is 214 g/mol. The van der Waals surface area contributed by atoms with Crippen LogP contribution in [0, 0.1) is 0 Å². The van der Waals surface area contributed by atoms with Crippen molar-refractivity contribution in [3.05, 3.63) is 24.3 Å². The third kappa shape index (κ3) is 2.60. The first-order valence-corrected chi connectivity index (χ1v) is 6.54. The second-order valence-electron chi connectivity index (χ2n) is 2.96. The number of rotatable bonds is 4. The van der Waals surface area contributed by atoms with Gasteiger partial charge in [-0.15, -0.1) is 0 Å². The second kappa shape index (κ2) is 4.63. The molecule has 1 atom stereocenters. The fourth-order valence-electron chi connectivity index (χ4n) is 1.17. The van der Waals surface area contributed by atoms with Crippen LogP contribution >= 0.6 is 7.37 Å². The van der Waals surface area contributed by atoms with Crippen LogP contribution in [-0.2, 0) is 9.09 Å². The van der Waals surface area contributed by atoms with E-state index in [-0.39, 0.29) is 0 Å². The number of methoxy groups -OCH3 is 1. The van der Waals surface area contributed by atoms with Crippen LogP contribution in [0.2, 0.25) is 0 Å². The molecule has 0 saturated carbocycles. The molecular weight excluding hydrogens is 199 g/mol. The van der Waals surface area contributed by atoms with Crippen molar-refractivity contribution in [1.29, 1.82) is 0 Å². The SMILES string of the molecule is CCOP(C)(=O)c1ccc(OC)cc1. The molecule has 0 radical (unpaired) electrons. The van der Waals surface area contributed by atoms with Crippen molar-refractivity contribution in [2.24, 2.45) is 0 Å². The van der Waals surface area contributed by atoms with Gasteiger partial charge in [0.25, 0.3) is 0 Å². The summed E-state index contributed by atoms with van der Waals surface area (Å²) in [7, 11) is -1.03. The smallest absolute Gasteiger partial charge is 0.229 e. The van der Waals surface area contributed by atoms with E-state index in [2.05, 4.69) is 0 Å². The molecule has 78 valence electrons. The Morgan fingerprint density at radius 1 is 1.29 bits per heavy atom. The van der Waals surface area contributed by atoms with Gasteiger partial charge in [0.15, 0.2) is 0 Å². The molecule has 3 nitrogen and oxygen atoms in total. The molecule has 1 unspecified atom stereocenters. The molecule has 1 aromatic rings. The fourth-order valence-corrected chi connectivity index (χ4v) is 2.51. The van der Waals surface area contributed by atoms with Crippen molar-refractivity contribution in [3.8, 4) is 5.75 Å². The van der Waals surface area contributed by atoms with Gasteiger partial charge in [-0.3, -0.25) is 4.57 Å². The Morgan fingerprint density at radius 2 is 1.86 bits per heavy atom. The minimum absolute atomic E-state index is 0.458. The standard InChI is InChI=1S/C10H15O3P/c1-4-13-14(3,11)10-7-5-9(12-2)6-8-10/h5-8H,4H2,1-3H3. The monoisotopic (exact) mass is 214 g/mol. The number of benzene rings is 1. The van der Waals surface area contributed by atoms with E-state index < -0.39 is 7.37 Å². The van der Waals surface area contributed by atoms with Crippen LogP contribution in [-0.4, -0.2) is 20.4 Å². The fraction of sp³-hybridized carbons (Fsp3) is 0.400. The Kier molecular flexibility index (Phi) is 3.73. The topological polar surface area (TPSA) is 35.5 Å². The number of hydrogen-bond donors (Lipinski definition) is 0. The van der Waals surface area contributed by atoms with Gasteiger partial charge in [-0.2, -0.15) is 0 Å². The first kappa shape index (κ1) is 11.3. The summed E-state index contributed by atoms with van der Waals surface area (Å²) in [4.78, 5) is 0. The molecule has 0 spiro atoms. The van der Waals surface area contributed by atoms with E-state index in [4.69, 9.17) is 9.26 Å². The summed E-state index contributed by atoms with van der Waals surface area (Å²) in [6.45, 7) is 3.91. The van der Waals surface area contributed by atoms with Crippen LogP contribution in [0.15, 0.2) is 24.3 Å². The zero-order valence-electron chi connectivity index (χ0n) is 8.69. The lowest BCUT2D eigenvalue weighted by molar-refractivity contribution is 0.345. The molecule has 0 aliphatic carbocycles. The minimum atomic E-state index is -2.63. The van der Waals surface area contributed by atoms with Gasteiger partial charge in [-0.05, 0) is 31.2 Å². The van der Waals surface area contributed by atoms with Crippen LogP contribution in [0.5, 0.6) is 5.75 Å². The van der Waals surface area contributed by atoms with Crippen molar-refractivity contribution in [2.45, 2.75) is 6.92 Å². The highest BCUT2D eigenvalue weighted by atomic mass is 31.2. The van der Waals surface area contributed by atoms with Crippen molar-refractivity contribution in [3.63, 3.8) is 0 Å². The van der Waals surface area contributed by atoms with Crippen molar-refractivity contribution < 1.29 is 13.8 Å². The molecule has 4 heteroatoms. The summed E-state index contributed by atoms with van der Waals surface area (Å²) in [5, 5.41) is 0.722. The zero-order chi connectivity index (χ0) is 10.6. The normalized spacial score (nSPS) is 14.8. The van der Waals surface area contributed by atoms with Crippen molar-refractivity contribution in [2.75, 3.05) is 20.4 Å². The Balaban J connectivity index is 2.91. The van der Waals surface area contributed by atoms with Crippen LogP contribution in [0.1, 0.15) is 6.92 Å². The molecule has 0 aliphatic heterocycles. The Bertz CT molecular complexity index is 332. The Hall–Kier alpha value is -0.790. The largest absolute Gasteiger partial charge is 0.497 e. The highest BCUT2D eigenvalue weighted by molar-refractivity contribution is 7.66. The first-order valence-electron chi connectivity index (χ1n) is 4.47. The summed E-state index contributed by atoms with van der Waals surface area (Å²) in [6.07, 6.45) is 0. The molecule has 0 saturated heterocycles. The lowest BCUT2D eigenvalue weighted by atomic mass is 10.3. The predicted molar refractivity (Wildman–Crippen MR) is 57.8 cm³/mol. The highest BCUT2D eigenvalue weighted by Crippen LogP contribution is 2.41. The highest BCUT2D eigenvalue weighted by Gasteiger charge is 2.17. The third-order valence-electron chi connectivity index (χ3n) is 1.92. The van der Waals surface area contributed by atoms with Gasteiger partial charge in [-0.25, -0.2) is 0 Å². The third-order valence-corrected chi connectivity index (χ3v) is 3.90. The summed E-state index contributed by atoms with van der Waals surface area (Å²) >= 11 is 0. The lowest BCUT2D eigenvalue weighted by Gasteiger charge is -2.12. The van der Waals surface area contributed by atoms with Crippen molar-refractivity contribution in [1.82, 2.24) is 0 Å². The zero-order valence-corrected chi connectivity index (χ0v) is 9.58. The van der Waals surface area contributed by atoms with Gasteiger partial charge in [0.1, 0.15) is 5.75 Å². The molecule has 0 fully saturated rings. The molecule has 1 rings (SSSR count). The molecule has 0 amide bonds. The molecule has 0 aliphatic rings. The summed E-state index contributed by atoms with van der Waals surface area (Å²) in [6, 6.07) is 7.11. The maximum Gasteiger partial charge on any atom is 0.229 e. The van der Waals surface area contributed by atoms with Crippen molar-refractivity contribution >= 4 is 12.7 Å². The first-order chi connectivity index (χ1) is 6.60. The molecular formula is C10H15O3P. The van der Waals surface area contributed by atoms with Gasteiger partial charge >= 0.3 is 0 Å². The quantitative estimate of drug-likeness (QED) is 0.721. The molecule has 0 bridgehead atoms. The Morgan fingerprint density at radius 3 is 2.29 bits per heavy atom. The molecule has 0 aromatic heterocycles. The summed E-state index contributed by atoms with van der Waals surface area (Å²) in [5.41, 5.74) is 0. The van der Waals surface area contributed by atoms with Crippen LogP contribution in [0.25, 0.3) is 0 Å². The maximum absolute atomic E-state index is 12.0. The molecule has 0 N–H and O–H groups in total. The van der Waals surface area contributed by atoms with Crippen LogP contribution in [0.3, 0.4) is 0 Å². The molecule has 0 heterocycles. The average Bonchev–Trinajstić information content (AvgIpc) is 2.18. The van der Waals surface area contributed by atoms with E-state index in [1.54, 1.807) is 38.0 Å². The van der Waals surface area contributed by atoms with E-state index in [1.807, 2.05) is 6.92 Å². The maximum atomic E-state index is 12.0. The number of hydrogen-bond acceptors (Lipinski definition) is 3. The van der Waals surface area contributed by atoms with Gasteiger partial charge < -0.3 is 9.26 Å². The van der Waals surface area contributed by atoms with Crippen LogP contribution < -0.4 is 10.0 Å². The van der Waals surface area contributed by atoms with E-state index in [0.29, 0.717) is 6.61 Å². The Labute approximate surface area is 84.5 Å². The van der Waals surface area contributed by atoms with Gasteiger partial charge in [0.2, 0.25) is 7.37 Å². The van der Waals surface area contributed by atoms with Gasteiger partial charge in [0.05, 0.1) is 13.7 Å². The van der Waals surface area contributed by atoms with Crippen LogP contribution in [0.4, 0.5) is 0 Å². The molecule has 1 aromatic carbocycles. The van der Waals surface area contributed by atoms with Gasteiger partial charge in [0, 0.05) is 12.0 Å². The lowest BCUT2D eigenvalue weighted by Crippen LogP contribution is -2.06. The minimum Gasteiger partial charge on any atom is -0.497 e. The number of ether oxygens (including phenoxy) is 1. The second-order valence-corrected chi connectivity index (χ2v) is 5.43. The predicted octanol–water partition coefficient (Wildman–Crippen LogP) is 2.26. The van der Waals surface area contributed by atoms with E-state index in [0.717, 1.165) is 11.1 Å². The molecule has 14 heavy (non-hydrogen) atoms. The summed E-state index contributed by atoms with van der Waals surface area (Å²) in [5.74, 6) is 0.755. The summed E-state index contributed by atoms with van der Waals surface area (Å²) < 4.78 is 22.2. The van der Waals surface area contributed by atoms with E-state index in [9.17, 15) is 4.57 Å². The van der Waals surface area contributed by atoms with E-state index in [1.165, 1.54) is 0 Å². The van der Waals surface area contributed by atoms with Gasteiger partial charge in [-0.1, -0.05) is 0 Å².